The fourth-order valence-electron chi connectivity index (χ4n) is 2.66. The summed E-state index contributed by atoms with van der Waals surface area (Å²) in [4.78, 5) is 24.4. The van der Waals surface area contributed by atoms with Crippen LogP contribution in [0.25, 0.3) is 0 Å². The van der Waals surface area contributed by atoms with Crippen molar-refractivity contribution in [3.8, 4) is 0 Å². The van der Waals surface area contributed by atoms with Gasteiger partial charge in [-0.2, -0.15) is 0 Å². The van der Waals surface area contributed by atoms with E-state index in [9.17, 15) is 9.59 Å². The van der Waals surface area contributed by atoms with Crippen LogP contribution in [0.3, 0.4) is 0 Å². The largest absolute Gasteiger partial charge is 0.480 e. The molecule has 0 radical (unpaired) electrons. The first-order valence-electron chi connectivity index (χ1n) is 7.16. The summed E-state index contributed by atoms with van der Waals surface area (Å²) in [6.45, 7) is 2.29. The summed E-state index contributed by atoms with van der Waals surface area (Å²) in [6.07, 6.45) is 2.28. The molecule has 4 nitrogen and oxygen atoms in total. The Morgan fingerprint density at radius 3 is 2.60 bits per heavy atom. The highest BCUT2D eigenvalue weighted by molar-refractivity contribution is 5.81. The van der Waals surface area contributed by atoms with Gasteiger partial charge in [0.25, 0.3) is 0 Å². The first kappa shape index (κ1) is 14.6. The van der Waals surface area contributed by atoms with Crippen LogP contribution < -0.4 is 0 Å². The van der Waals surface area contributed by atoms with Gasteiger partial charge >= 0.3 is 5.97 Å². The number of nitrogens with zero attached hydrogens (tertiary/aromatic N) is 1. The van der Waals surface area contributed by atoms with Gasteiger partial charge in [0.1, 0.15) is 6.54 Å². The number of amides is 1. The van der Waals surface area contributed by atoms with Gasteiger partial charge in [-0.05, 0) is 30.2 Å². The highest BCUT2D eigenvalue weighted by Crippen LogP contribution is 2.49. The number of carbonyl (C=O) groups excluding carboxylic acids is 1. The summed E-state index contributed by atoms with van der Waals surface area (Å²) in [6, 6.07) is 10.2. The molecule has 1 aromatic rings. The van der Waals surface area contributed by atoms with Crippen LogP contribution in [0.1, 0.15) is 37.7 Å². The lowest BCUT2D eigenvalue weighted by Crippen LogP contribution is -2.36. The van der Waals surface area contributed by atoms with Crippen molar-refractivity contribution < 1.29 is 14.7 Å². The smallest absolute Gasteiger partial charge is 0.323 e. The van der Waals surface area contributed by atoms with Crippen molar-refractivity contribution in [1.29, 1.82) is 0 Å². The summed E-state index contributed by atoms with van der Waals surface area (Å²) >= 11 is 0. The molecule has 0 spiro atoms. The molecule has 1 aliphatic rings. The molecule has 0 aliphatic heterocycles. The van der Waals surface area contributed by atoms with Gasteiger partial charge in [-0.3, -0.25) is 9.59 Å². The average molecular weight is 275 g/mol. The van der Waals surface area contributed by atoms with E-state index in [0.29, 0.717) is 24.8 Å². The molecule has 108 valence electrons. The van der Waals surface area contributed by atoms with Crippen LogP contribution in [0.4, 0.5) is 0 Å². The maximum Gasteiger partial charge on any atom is 0.323 e. The maximum absolute atomic E-state index is 12.2. The number of benzene rings is 1. The van der Waals surface area contributed by atoms with Crippen LogP contribution in [0.15, 0.2) is 30.3 Å². The zero-order chi connectivity index (χ0) is 14.5. The highest BCUT2D eigenvalue weighted by atomic mass is 16.4. The Labute approximate surface area is 119 Å². The van der Waals surface area contributed by atoms with Crippen molar-refractivity contribution in [2.75, 3.05) is 13.1 Å². The molecule has 4 heteroatoms. The summed E-state index contributed by atoms with van der Waals surface area (Å²) in [5.74, 6) is -0.133. The molecule has 1 aliphatic carbocycles. The molecule has 2 atom stereocenters. The summed E-state index contributed by atoms with van der Waals surface area (Å²) in [5, 5.41) is 8.85. The standard InChI is InChI=1S/C16H21NO3/c1-2-8-17(11-16(19)20)15(18)10-13-9-14(13)12-6-4-3-5-7-12/h3-7,13-14H,2,8-11H2,1H3,(H,19,20)/t13-,14-/m0/s1. The SMILES string of the molecule is CCCN(CC(=O)O)C(=O)C[C@@H]1C[C@H]1c1ccccc1. The van der Waals surface area contributed by atoms with Crippen molar-refractivity contribution in [2.45, 2.75) is 32.1 Å². The van der Waals surface area contributed by atoms with Gasteiger partial charge in [-0.15, -0.1) is 0 Å². The van der Waals surface area contributed by atoms with Crippen LogP contribution in [-0.2, 0) is 9.59 Å². The second-order valence-electron chi connectivity index (χ2n) is 5.43. The number of hydrogen-bond donors (Lipinski definition) is 1. The van der Waals surface area contributed by atoms with E-state index < -0.39 is 5.97 Å². The molecule has 1 N–H and O–H groups in total. The number of carboxylic acid groups (broad SMARTS) is 1. The second kappa shape index (κ2) is 6.55. The molecule has 0 heterocycles. The van der Waals surface area contributed by atoms with Crippen molar-refractivity contribution >= 4 is 11.9 Å². The Balaban J connectivity index is 1.87. The Kier molecular flexibility index (Phi) is 4.77. The van der Waals surface area contributed by atoms with Gasteiger partial charge in [0, 0.05) is 13.0 Å². The zero-order valence-electron chi connectivity index (χ0n) is 11.8. The first-order chi connectivity index (χ1) is 9.61. The molecule has 0 saturated heterocycles. The number of carbonyl (C=O) groups is 2. The quantitative estimate of drug-likeness (QED) is 0.831. The lowest BCUT2D eigenvalue weighted by Gasteiger charge is -2.19. The fraction of sp³-hybridized carbons (Fsp3) is 0.500. The molecule has 1 aromatic carbocycles. The van der Waals surface area contributed by atoms with E-state index in [-0.39, 0.29) is 12.5 Å². The molecule has 0 bridgehead atoms. The lowest BCUT2D eigenvalue weighted by molar-refractivity contribution is -0.144. The van der Waals surface area contributed by atoms with E-state index in [1.165, 1.54) is 10.5 Å². The van der Waals surface area contributed by atoms with Crippen LogP contribution >= 0.6 is 0 Å². The molecular weight excluding hydrogens is 254 g/mol. The molecular formula is C16H21NO3. The topological polar surface area (TPSA) is 57.6 Å². The third-order valence-electron chi connectivity index (χ3n) is 3.76. The third-order valence-corrected chi connectivity index (χ3v) is 3.76. The molecule has 2 rings (SSSR count). The summed E-state index contributed by atoms with van der Waals surface area (Å²) < 4.78 is 0. The van der Waals surface area contributed by atoms with Gasteiger partial charge in [0.05, 0.1) is 0 Å². The highest BCUT2D eigenvalue weighted by Gasteiger charge is 2.40. The van der Waals surface area contributed by atoms with Crippen molar-refractivity contribution in [3.63, 3.8) is 0 Å². The van der Waals surface area contributed by atoms with Crippen LogP contribution in [-0.4, -0.2) is 35.0 Å². The van der Waals surface area contributed by atoms with Crippen LogP contribution in [0.5, 0.6) is 0 Å². The predicted molar refractivity (Wildman–Crippen MR) is 76.4 cm³/mol. The number of hydrogen-bond acceptors (Lipinski definition) is 2. The van der Waals surface area contributed by atoms with E-state index >= 15 is 0 Å². The summed E-state index contributed by atoms with van der Waals surface area (Å²) in [7, 11) is 0. The molecule has 20 heavy (non-hydrogen) atoms. The molecule has 1 fully saturated rings. The van der Waals surface area contributed by atoms with Crippen LogP contribution in [0.2, 0.25) is 0 Å². The minimum Gasteiger partial charge on any atom is -0.480 e. The van der Waals surface area contributed by atoms with Gasteiger partial charge in [0.2, 0.25) is 5.91 Å². The van der Waals surface area contributed by atoms with E-state index in [1.807, 2.05) is 25.1 Å². The predicted octanol–water partition coefficient (Wildman–Crippen LogP) is 2.50. The van der Waals surface area contributed by atoms with Gasteiger partial charge in [-0.25, -0.2) is 0 Å². The Morgan fingerprint density at radius 1 is 1.30 bits per heavy atom. The monoisotopic (exact) mass is 275 g/mol. The Morgan fingerprint density at radius 2 is 2.00 bits per heavy atom. The maximum atomic E-state index is 12.2. The lowest BCUT2D eigenvalue weighted by atomic mass is 10.1. The number of aliphatic carboxylic acids is 1. The number of carboxylic acids is 1. The molecule has 0 aromatic heterocycles. The second-order valence-corrected chi connectivity index (χ2v) is 5.43. The van der Waals surface area contributed by atoms with Crippen molar-refractivity contribution in [1.82, 2.24) is 4.90 Å². The van der Waals surface area contributed by atoms with Gasteiger partial charge in [-0.1, -0.05) is 37.3 Å². The van der Waals surface area contributed by atoms with Gasteiger partial charge < -0.3 is 10.0 Å². The van der Waals surface area contributed by atoms with Gasteiger partial charge in [0.15, 0.2) is 0 Å². The Hall–Kier alpha value is -1.84. The third kappa shape index (κ3) is 3.83. The number of rotatable bonds is 7. The van der Waals surface area contributed by atoms with E-state index in [2.05, 4.69) is 12.1 Å². The molecule has 1 amide bonds. The van der Waals surface area contributed by atoms with Crippen molar-refractivity contribution in [2.24, 2.45) is 5.92 Å². The molecule has 1 saturated carbocycles. The van der Waals surface area contributed by atoms with E-state index in [0.717, 1.165) is 12.8 Å². The van der Waals surface area contributed by atoms with E-state index in [1.54, 1.807) is 0 Å². The van der Waals surface area contributed by atoms with Crippen molar-refractivity contribution in [3.05, 3.63) is 35.9 Å². The van der Waals surface area contributed by atoms with Crippen LogP contribution in [0, 0.1) is 5.92 Å². The fourth-order valence-corrected chi connectivity index (χ4v) is 2.66. The zero-order valence-corrected chi connectivity index (χ0v) is 11.8. The average Bonchev–Trinajstić information content (AvgIpc) is 3.18. The summed E-state index contributed by atoms with van der Waals surface area (Å²) in [5.41, 5.74) is 1.28. The normalized spacial score (nSPS) is 20.4. The minimum absolute atomic E-state index is 0.0299. The minimum atomic E-state index is -0.942. The van der Waals surface area contributed by atoms with E-state index in [4.69, 9.17) is 5.11 Å². The molecule has 0 unspecified atom stereocenters. The Bertz CT molecular complexity index is 472. The first-order valence-corrected chi connectivity index (χ1v) is 7.16.